The summed E-state index contributed by atoms with van der Waals surface area (Å²) in [5, 5.41) is 6.73. The second-order valence-electron chi connectivity index (χ2n) is 5.82. The van der Waals surface area contributed by atoms with Gasteiger partial charge in [-0.3, -0.25) is 9.59 Å². The van der Waals surface area contributed by atoms with Crippen LogP contribution in [0.2, 0.25) is 0 Å². The van der Waals surface area contributed by atoms with Crippen LogP contribution in [0.15, 0.2) is 52.0 Å². The Bertz CT molecular complexity index is 871. The molecule has 0 fully saturated rings. The Hall–Kier alpha value is -1.94. The first-order chi connectivity index (χ1) is 12.8. The van der Waals surface area contributed by atoms with Crippen molar-refractivity contribution >= 4 is 61.7 Å². The SMILES string of the molecule is C/C(CC(=O)Nc1cccc(I)c1)=N\NC(=O)COc1ccc(Br)c(C)c1. The molecule has 0 aliphatic carbocycles. The molecule has 2 N–H and O–H groups in total. The minimum absolute atomic E-state index is 0.0819. The summed E-state index contributed by atoms with van der Waals surface area (Å²) in [7, 11) is 0. The lowest BCUT2D eigenvalue weighted by Gasteiger charge is -2.08. The minimum atomic E-state index is -0.395. The van der Waals surface area contributed by atoms with Gasteiger partial charge in [0.2, 0.25) is 5.91 Å². The van der Waals surface area contributed by atoms with Crippen LogP contribution in [0.25, 0.3) is 0 Å². The van der Waals surface area contributed by atoms with Crippen LogP contribution in [0.3, 0.4) is 0 Å². The van der Waals surface area contributed by atoms with E-state index in [0.29, 0.717) is 11.5 Å². The van der Waals surface area contributed by atoms with Crippen molar-refractivity contribution in [1.29, 1.82) is 0 Å². The zero-order valence-electron chi connectivity index (χ0n) is 14.9. The minimum Gasteiger partial charge on any atom is -0.484 e. The summed E-state index contributed by atoms with van der Waals surface area (Å²) in [6.45, 7) is 3.45. The van der Waals surface area contributed by atoms with Crippen LogP contribution in [0.1, 0.15) is 18.9 Å². The lowest BCUT2D eigenvalue weighted by molar-refractivity contribution is -0.123. The number of amides is 2. The van der Waals surface area contributed by atoms with Crippen molar-refractivity contribution in [1.82, 2.24) is 5.43 Å². The highest BCUT2D eigenvalue weighted by Gasteiger charge is 2.07. The van der Waals surface area contributed by atoms with E-state index in [2.05, 4.69) is 54.4 Å². The quantitative estimate of drug-likeness (QED) is 0.311. The average Bonchev–Trinajstić information content (AvgIpc) is 2.61. The van der Waals surface area contributed by atoms with Crippen molar-refractivity contribution in [3.63, 3.8) is 0 Å². The van der Waals surface area contributed by atoms with Crippen molar-refractivity contribution in [3.8, 4) is 5.75 Å². The molecule has 0 radical (unpaired) electrons. The van der Waals surface area contributed by atoms with Gasteiger partial charge in [-0.05, 0) is 78.4 Å². The van der Waals surface area contributed by atoms with Crippen molar-refractivity contribution < 1.29 is 14.3 Å². The van der Waals surface area contributed by atoms with E-state index in [1.54, 1.807) is 13.0 Å². The number of carbonyl (C=O) groups excluding carboxylic acids is 2. The fraction of sp³-hybridized carbons (Fsp3) is 0.211. The van der Waals surface area contributed by atoms with Crippen LogP contribution in [0, 0.1) is 10.5 Å². The molecule has 0 unspecified atom stereocenters. The van der Waals surface area contributed by atoms with Crippen LogP contribution in [-0.4, -0.2) is 24.1 Å². The highest BCUT2D eigenvalue weighted by molar-refractivity contribution is 14.1. The molecule has 2 rings (SSSR count). The third-order valence-corrected chi connectivity index (χ3v) is 4.96. The van der Waals surface area contributed by atoms with Gasteiger partial charge in [-0.2, -0.15) is 5.10 Å². The molecule has 8 heteroatoms. The summed E-state index contributed by atoms with van der Waals surface area (Å²) in [4.78, 5) is 23.8. The maximum atomic E-state index is 12.0. The van der Waals surface area contributed by atoms with E-state index in [9.17, 15) is 9.59 Å². The molecule has 0 saturated carbocycles. The van der Waals surface area contributed by atoms with Gasteiger partial charge >= 0.3 is 0 Å². The van der Waals surface area contributed by atoms with Gasteiger partial charge < -0.3 is 10.1 Å². The molecule has 142 valence electrons. The van der Waals surface area contributed by atoms with E-state index in [4.69, 9.17) is 4.74 Å². The summed E-state index contributed by atoms with van der Waals surface area (Å²) in [5.41, 5.74) is 4.62. The van der Waals surface area contributed by atoms with E-state index >= 15 is 0 Å². The molecule has 0 atom stereocenters. The highest BCUT2D eigenvalue weighted by Crippen LogP contribution is 2.21. The van der Waals surface area contributed by atoms with E-state index in [1.807, 2.05) is 43.3 Å². The van der Waals surface area contributed by atoms with Gasteiger partial charge in [-0.15, -0.1) is 0 Å². The zero-order valence-corrected chi connectivity index (χ0v) is 18.6. The first-order valence-corrected chi connectivity index (χ1v) is 9.97. The summed E-state index contributed by atoms with van der Waals surface area (Å²) in [5.74, 6) is 0.00505. The summed E-state index contributed by atoms with van der Waals surface area (Å²) in [6.07, 6.45) is 0.0819. The Morgan fingerprint density at radius 1 is 1.19 bits per heavy atom. The Morgan fingerprint density at radius 2 is 1.96 bits per heavy atom. The predicted molar refractivity (Wildman–Crippen MR) is 118 cm³/mol. The maximum absolute atomic E-state index is 12.0. The van der Waals surface area contributed by atoms with Gasteiger partial charge in [0.25, 0.3) is 5.91 Å². The number of hydrazone groups is 1. The number of nitrogens with zero attached hydrogens (tertiary/aromatic N) is 1. The van der Waals surface area contributed by atoms with Crippen molar-refractivity contribution in [3.05, 3.63) is 56.1 Å². The maximum Gasteiger partial charge on any atom is 0.277 e. The second-order valence-corrected chi connectivity index (χ2v) is 7.92. The predicted octanol–water partition coefficient (Wildman–Crippen LogP) is 4.26. The number of rotatable bonds is 7. The lowest BCUT2D eigenvalue weighted by Crippen LogP contribution is -2.26. The monoisotopic (exact) mass is 543 g/mol. The normalized spacial score (nSPS) is 11.0. The van der Waals surface area contributed by atoms with Gasteiger partial charge in [-0.25, -0.2) is 5.43 Å². The molecule has 0 spiro atoms. The summed E-state index contributed by atoms with van der Waals surface area (Å²) < 4.78 is 7.43. The summed E-state index contributed by atoms with van der Waals surface area (Å²) in [6, 6.07) is 13.0. The van der Waals surface area contributed by atoms with E-state index in [-0.39, 0.29) is 18.9 Å². The molecule has 0 aromatic heterocycles. The molecule has 0 aliphatic rings. The fourth-order valence-corrected chi connectivity index (χ4v) is 2.88. The second kappa shape index (κ2) is 10.4. The van der Waals surface area contributed by atoms with E-state index in [0.717, 1.165) is 19.3 Å². The molecule has 0 bridgehead atoms. The molecule has 0 aliphatic heterocycles. The number of benzene rings is 2. The first-order valence-electron chi connectivity index (χ1n) is 8.10. The Morgan fingerprint density at radius 3 is 2.67 bits per heavy atom. The third-order valence-electron chi connectivity index (χ3n) is 3.40. The number of anilines is 1. The van der Waals surface area contributed by atoms with Gasteiger partial charge in [0.05, 0.1) is 6.42 Å². The largest absolute Gasteiger partial charge is 0.484 e. The van der Waals surface area contributed by atoms with E-state index < -0.39 is 5.91 Å². The number of aryl methyl sites for hydroxylation is 1. The van der Waals surface area contributed by atoms with Crippen molar-refractivity contribution in [2.75, 3.05) is 11.9 Å². The Balaban J connectivity index is 1.77. The highest BCUT2D eigenvalue weighted by atomic mass is 127. The Labute approximate surface area is 180 Å². The number of nitrogens with one attached hydrogen (secondary N) is 2. The molecular formula is C19H19BrIN3O3. The first kappa shape index (κ1) is 21.4. The number of halogens is 2. The zero-order chi connectivity index (χ0) is 19.8. The molecule has 2 amide bonds. The van der Waals surface area contributed by atoms with Crippen molar-refractivity contribution in [2.45, 2.75) is 20.3 Å². The number of hydrogen-bond donors (Lipinski definition) is 2. The molecule has 0 heterocycles. The average molecular weight is 544 g/mol. The number of ether oxygens (including phenoxy) is 1. The molecule has 2 aromatic carbocycles. The fourth-order valence-electron chi connectivity index (χ4n) is 2.09. The van der Waals surface area contributed by atoms with Crippen LogP contribution >= 0.6 is 38.5 Å². The van der Waals surface area contributed by atoms with Crippen LogP contribution in [0.5, 0.6) is 5.75 Å². The van der Waals surface area contributed by atoms with Crippen LogP contribution < -0.4 is 15.5 Å². The number of carbonyl (C=O) groups is 2. The van der Waals surface area contributed by atoms with Crippen molar-refractivity contribution in [2.24, 2.45) is 5.10 Å². The molecule has 0 saturated heterocycles. The topological polar surface area (TPSA) is 79.8 Å². The standard InChI is InChI=1S/C19H19BrIN3O3/c1-12-8-16(6-7-17(12)20)27-11-19(26)24-23-13(2)9-18(25)22-15-5-3-4-14(21)10-15/h3-8,10H,9,11H2,1-2H3,(H,22,25)(H,24,26)/b23-13+. The van der Waals surface area contributed by atoms with Gasteiger partial charge in [0.1, 0.15) is 5.75 Å². The third kappa shape index (κ3) is 7.67. The molecule has 27 heavy (non-hydrogen) atoms. The van der Waals surface area contributed by atoms with E-state index in [1.165, 1.54) is 0 Å². The number of hydrogen-bond acceptors (Lipinski definition) is 4. The lowest BCUT2D eigenvalue weighted by atomic mass is 10.2. The molecule has 6 nitrogen and oxygen atoms in total. The van der Waals surface area contributed by atoms with Crippen LogP contribution in [0.4, 0.5) is 5.69 Å². The van der Waals surface area contributed by atoms with Gasteiger partial charge in [-0.1, -0.05) is 22.0 Å². The molecular weight excluding hydrogens is 525 g/mol. The molecule has 2 aromatic rings. The van der Waals surface area contributed by atoms with Gasteiger partial charge in [0.15, 0.2) is 6.61 Å². The smallest absolute Gasteiger partial charge is 0.277 e. The summed E-state index contributed by atoms with van der Waals surface area (Å²) >= 11 is 5.58. The van der Waals surface area contributed by atoms with Crippen LogP contribution in [-0.2, 0) is 9.59 Å². The Kier molecular flexibility index (Phi) is 8.23. The van der Waals surface area contributed by atoms with Gasteiger partial charge in [0, 0.05) is 19.4 Å².